The summed E-state index contributed by atoms with van der Waals surface area (Å²) in [5, 5.41) is 3.30. The minimum absolute atomic E-state index is 0. The van der Waals surface area contributed by atoms with Crippen molar-refractivity contribution in [2.75, 3.05) is 39.3 Å². The molecule has 0 bridgehead atoms. The minimum Gasteiger partial charge on any atom is -0.314 e. The molecule has 1 saturated heterocycles. The summed E-state index contributed by atoms with van der Waals surface area (Å²) in [5.41, 5.74) is 0. The summed E-state index contributed by atoms with van der Waals surface area (Å²) in [5.74, 6) is 0. The van der Waals surface area contributed by atoms with Gasteiger partial charge in [0, 0.05) is 37.2 Å². The summed E-state index contributed by atoms with van der Waals surface area (Å²) in [6, 6.07) is 6.66. The predicted octanol–water partition coefficient (Wildman–Crippen LogP) is 1.87. The monoisotopic (exact) mass is 433 g/mol. The number of hydrogen-bond donors (Lipinski definition) is 2. The molecule has 22 heavy (non-hydrogen) atoms. The predicted molar refractivity (Wildman–Crippen MR) is 97.8 cm³/mol. The van der Waals surface area contributed by atoms with Gasteiger partial charge in [-0.1, -0.05) is 15.9 Å². The lowest BCUT2D eigenvalue weighted by Gasteiger charge is -2.27. The summed E-state index contributed by atoms with van der Waals surface area (Å²) >= 11 is 3.29. The highest BCUT2D eigenvalue weighted by molar-refractivity contribution is 9.10. The molecule has 1 fully saturated rings. The molecule has 5 nitrogen and oxygen atoms in total. The number of nitrogens with one attached hydrogen (secondary N) is 2. The van der Waals surface area contributed by atoms with Crippen LogP contribution in [0.4, 0.5) is 0 Å². The molecule has 0 atom stereocenters. The Labute approximate surface area is 153 Å². The van der Waals surface area contributed by atoms with Crippen molar-refractivity contribution in [3.63, 3.8) is 0 Å². The third kappa shape index (κ3) is 7.12. The third-order valence-corrected chi connectivity index (χ3v) is 5.28. The van der Waals surface area contributed by atoms with Crippen LogP contribution in [-0.4, -0.2) is 52.6 Å². The van der Waals surface area contributed by atoms with Crippen molar-refractivity contribution in [1.29, 1.82) is 0 Å². The molecular weight excluding hydrogens is 413 g/mol. The maximum absolute atomic E-state index is 12.0. The number of nitrogens with zero attached hydrogens (tertiary/aromatic N) is 1. The van der Waals surface area contributed by atoms with Crippen LogP contribution in [0.1, 0.15) is 6.42 Å². The van der Waals surface area contributed by atoms with Crippen LogP contribution in [0.25, 0.3) is 0 Å². The molecule has 0 aromatic heterocycles. The second kappa shape index (κ2) is 10.8. The van der Waals surface area contributed by atoms with E-state index in [9.17, 15) is 8.42 Å². The Morgan fingerprint density at radius 2 is 1.73 bits per heavy atom. The van der Waals surface area contributed by atoms with Gasteiger partial charge in [-0.2, -0.15) is 0 Å². The van der Waals surface area contributed by atoms with Crippen LogP contribution < -0.4 is 10.0 Å². The van der Waals surface area contributed by atoms with Gasteiger partial charge in [0.15, 0.2) is 0 Å². The van der Waals surface area contributed by atoms with Gasteiger partial charge in [-0.25, -0.2) is 13.1 Å². The van der Waals surface area contributed by atoms with E-state index in [1.54, 1.807) is 24.3 Å². The number of hydrogen-bond acceptors (Lipinski definition) is 4. The van der Waals surface area contributed by atoms with Crippen molar-refractivity contribution in [2.45, 2.75) is 11.3 Å². The standard InChI is InChI=1S/C13H20BrN3O2S.2ClH/c14-12-2-4-13(5-3-12)20(18,19)16-6-1-9-17-10-7-15-8-11-17;;/h2-5,15-16H,1,6-11H2;2*1H. The van der Waals surface area contributed by atoms with E-state index in [-0.39, 0.29) is 24.8 Å². The van der Waals surface area contributed by atoms with Crippen molar-refractivity contribution < 1.29 is 8.42 Å². The minimum atomic E-state index is -3.38. The van der Waals surface area contributed by atoms with E-state index in [0.29, 0.717) is 11.4 Å². The average Bonchev–Trinajstić information content (AvgIpc) is 2.45. The molecule has 1 aromatic carbocycles. The zero-order valence-electron chi connectivity index (χ0n) is 12.1. The van der Waals surface area contributed by atoms with Crippen LogP contribution in [0.2, 0.25) is 0 Å². The van der Waals surface area contributed by atoms with E-state index in [1.165, 1.54) is 0 Å². The fourth-order valence-electron chi connectivity index (χ4n) is 2.14. The first-order valence-electron chi connectivity index (χ1n) is 6.76. The van der Waals surface area contributed by atoms with Crippen molar-refractivity contribution in [3.8, 4) is 0 Å². The second-order valence-electron chi connectivity index (χ2n) is 4.80. The zero-order valence-corrected chi connectivity index (χ0v) is 16.2. The molecule has 128 valence electrons. The summed E-state index contributed by atoms with van der Waals surface area (Å²) in [6.07, 6.45) is 0.829. The maximum atomic E-state index is 12.0. The molecule has 0 unspecified atom stereocenters. The van der Waals surface area contributed by atoms with E-state index in [4.69, 9.17) is 0 Å². The average molecular weight is 435 g/mol. The van der Waals surface area contributed by atoms with E-state index in [0.717, 1.165) is 43.6 Å². The normalized spacial score (nSPS) is 15.7. The first kappa shape index (κ1) is 22.1. The molecule has 0 saturated carbocycles. The van der Waals surface area contributed by atoms with Crippen molar-refractivity contribution in [3.05, 3.63) is 28.7 Å². The van der Waals surface area contributed by atoms with Crippen LogP contribution in [0.5, 0.6) is 0 Å². The summed E-state index contributed by atoms with van der Waals surface area (Å²) in [6.45, 7) is 5.53. The number of halogens is 3. The highest BCUT2D eigenvalue weighted by Crippen LogP contribution is 2.14. The van der Waals surface area contributed by atoms with Gasteiger partial charge in [0.25, 0.3) is 0 Å². The van der Waals surface area contributed by atoms with Gasteiger partial charge < -0.3 is 10.2 Å². The fraction of sp³-hybridized carbons (Fsp3) is 0.538. The number of sulfonamides is 1. The number of rotatable bonds is 6. The summed E-state index contributed by atoms with van der Waals surface area (Å²) in [7, 11) is -3.38. The Hall–Kier alpha value is 0.110. The van der Waals surface area contributed by atoms with E-state index in [1.807, 2.05) is 0 Å². The molecule has 2 rings (SSSR count). The van der Waals surface area contributed by atoms with Crippen LogP contribution >= 0.6 is 40.7 Å². The molecule has 0 spiro atoms. The highest BCUT2D eigenvalue weighted by Gasteiger charge is 2.13. The van der Waals surface area contributed by atoms with Crippen molar-refractivity contribution in [2.24, 2.45) is 0 Å². The van der Waals surface area contributed by atoms with E-state index < -0.39 is 10.0 Å². The van der Waals surface area contributed by atoms with Gasteiger partial charge in [-0.3, -0.25) is 0 Å². The molecular formula is C13H22BrCl2N3O2S. The molecule has 1 aromatic rings. The smallest absolute Gasteiger partial charge is 0.240 e. The van der Waals surface area contributed by atoms with Crippen LogP contribution in [0, 0.1) is 0 Å². The molecule has 0 aliphatic carbocycles. The third-order valence-electron chi connectivity index (χ3n) is 3.28. The Bertz CT molecular complexity index is 523. The van der Waals surface area contributed by atoms with Gasteiger partial charge >= 0.3 is 0 Å². The van der Waals surface area contributed by atoms with Gasteiger partial charge in [-0.15, -0.1) is 24.8 Å². The maximum Gasteiger partial charge on any atom is 0.240 e. The number of benzene rings is 1. The molecule has 0 radical (unpaired) electrons. The lowest BCUT2D eigenvalue weighted by atomic mass is 10.3. The Kier molecular flexibility index (Phi) is 10.9. The Balaban J connectivity index is 0.00000220. The molecule has 0 amide bonds. The van der Waals surface area contributed by atoms with Gasteiger partial charge in [0.1, 0.15) is 0 Å². The van der Waals surface area contributed by atoms with E-state index in [2.05, 4.69) is 30.9 Å². The van der Waals surface area contributed by atoms with Crippen LogP contribution in [-0.2, 0) is 10.0 Å². The van der Waals surface area contributed by atoms with E-state index >= 15 is 0 Å². The molecule has 9 heteroatoms. The first-order chi connectivity index (χ1) is 9.58. The number of piperazine rings is 1. The van der Waals surface area contributed by atoms with Crippen LogP contribution in [0.3, 0.4) is 0 Å². The largest absolute Gasteiger partial charge is 0.314 e. The first-order valence-corrected chi connectivity index (χ1v) is 9.04. The molecule has 1 aliphatic rings. The summed E-state index contributed by atoms with van der Waals surface area (Å²) in [4.78, 5) is 2.66. The second-order valence-corrected chi connectivity index (χ2v) is 7.48. The zero-order chi connectivity index (χ0) is 14.4. The fourth-order valence-corrected chi connectivity index (χ4v) is 3.48. The lowest BCUT2D eigenvalue weighted by molar-refractivity contribution is 0.239. The quantitative estimate of drug-likeness (QED) is 0.671. The molecule has 2 N–H and O–H groups in total. The van der Waals surface area contributed by atoms with Gasteiger partial charge in [0.05, 0.1) is 4.90 Å². The Morgan fingerprint density at radius 1 is 1.14 bits per heavy atom. The van der Waals surface area contributed by atoms with Crippen molar-refractivity contribution >= 4 is 50.8 Å². The Morgan fingerprint density at radius 3 is 2.32 bits per heavy atom. The molecule has 1 aliphatic heterocycles. The highest BCUT2D eigenvalue weighted by atomic mass is 79.9. The lowest BCUT2D eigenvalue weighted by Crippen LogP contribution is -2.44. The molecule has 1 heterocycles. The topological polar surface area (TPSA) is 61.4 Å². The van der Waals surface area contributed by atoms with Crippen LogP contribution in [0.15, 0.2) is 33.6 Å². The summed E-state index contributed by atoms with van der Waals surface area (Å²) < 4.78 is 27.6. The van der Waals surface area contributed by atoms with Gasteiger partial charge in [0.2, 0.25) is 10.0 Å². The van der Waals surface area contributed by atoms with Gasteiger partial charge in [-0.05, 0) is 37.2 Å². The van der Waals surface area contributed by atoms with Crippen molar-refractivity contribution in [1.82, 2.24) is 14.9 Å². The SMILES string of the molecule is Cl.Cl.O=S(=O)(NCCCN1CCNCC1)c1ccc(Br)cc1.